The zero-order valence-electron chi connectivity index (χ0n) is 40.7. The van der Waals surface area contributed by atoms with E-state index in [2.05, 4.69) is 98.9 Å². The van der Waals surface area contributed by atoms with Crippen molar-refractivity contribution in [1.29, 1.82) is 0 Å². The molecule has 9 nitrogen and oxygen atoms in total. The summed E-state index contributed by atoms with van der Waals surface area (Å²) in [7, 11) is -4.54. The lowest BCUT2D eigenvalue weighted by molar-refractivity contribution is -0.154. The first-order valence-corrected chi connectivity index (χ1v) is 27.1. The molecule has 64 heavy (non-hydrogen) atoms. The van der Waals surface area contributed by atoms with Crippen molar-refractivity contribution in [3.05, 3.63) is 85.1 Å². The Labute approximate surface area is 392 Å². The van der Waals surface area contributed by atoms with E-state index in [4.69, 9.17) is 23.6 Å². The Morgan fingerprint density at radius 2 is 0.891 bits per heavy atom. The molecule has 0 saturated carbocycles. The van der Waals surface area contributed by atoms with Crippen LogP contribution in [0.5, 0.6) is 0 Å². The van der Waals surface area contributed by atoms with Crippen molar-refractivity contribution in [3.63, 3.8) is 0 Å². The van der Waals surface area contributed by atoms with Gasteiger partial charge in [-0.05, 0) is 70.6 Å². The van der Waals surface area contributed by atoms with E-state index in [1.165, 1.54) is 103 Å². The van der Waals surface area contributed by atoms with Gasteiger partial charge in [-0.3, -0.25) is 13.8 Å². The second kappa shape index (κ2) is 50.1. The van der Waals surface area contributed by atoms with Gasteiger partial charge in [0.2, 0.25) is 0 Å². The van der Waals surface area contributed by atoms with Gasteiger partial charge < -0.3 is 24.6 Å². The van der Waals surface area contributed by atoms with Gasteiger partial charge in [0.25, 0.3) is 0 Å². The monoisotopic (exact) mass is 919 g/mol. The molecule has 0 fully saturated rings. The number of hydrogen-bond donors (Lipinski definition) is 3. The fourth-order valence-electron chi connectivity index (χ4n) is 6.75. The van der Waals surface area contributed by atoms with Crippen molar-refractivity contribution < 1.29 is 43.0 Å². The SMILES string of the molecule is CC/C=C\C/C=C\C/C=C\C/C=C\C/C=C\C/C=C\C/C=C\CCCCOCC(COP(=O)(O)OCC(O)CO)OC(=O)CCCCCCCCCCCCCCCCCCCCC. The zero-order valence-corrected chi connectivity index (χ0v) is 41.6. The minimum atomic E-state index is -4.54. The van der Waals surface area contributed by atoms with Crippen molar-refractivity contribution in [2.45, 2.75) is 219 Å². The summed E-state index contributed by atoms with van der Waals surface area (Å²) in [5, 5.41) is 18.4. The van der Waals surface area contributed by atoms with E-state index in [1.807, 2.05) is 0 Å². The van der Waals surface area contributed by atoms with Gasteiger partial charge in [-0.25, -0.2) is 4.57 Å². The van der Waals surface area contributed by atoms with Gasteiger partial charge in [0.15, 0.2) is 0 Å². The number of allylic oxidation sites excluding steroid dienone is 14. The Kier molecular flexibility index (Phi) is 48.2. The fourth-order valence-corrected chi connectivity index (χ4v) is 7.54. The van der Waals surface area contributed by atoms with Crippen LogP contribution in [0, 0.1) is 0 Å². The maximum atomic E-state index is 12.7. The maximum absolute atomic E-state index is 12.7. The van der Waals surface area contributed by atoms with Crippen LogP contribution < -0.4 is 0 Å². The summed E-state index contributed by atoms with van der Waals surface area (Å²) in [5.41, 5.74) is 0. The summed E-state index contributed by atoms with van der Waals surface area (Å²) in [6.45, 7) is 3.30. The van der Waals surface area contributed by atoms with E-state index < -0.39 is 45.8 Å². The molecule has 0 aromatic carbocycles. The third-order valence-corrected chi connectivity index (χ3v) is 11.5. The minimum absolute atomic E-state index is 0.0166. The summed E-state index contributed by atoms with van der Waals surface area (Å²) in [6, 6.07) is 0. The molecule has 0 aromatic rings. The van der Waals surface area contributed by atoms with Crippen LogP contribution in [0.1, 0.15) is 206 Å². The smallest absolute Gasteiger partial charge is 0.457 e. The molecular formula is C54H95O9P. The van der Waals surface area contributed by atoms with Gasteiger partial charge in [0, 0.05) is 13.0 Å². The number of hydrogen-bond acceptors (Lipinski definition) is 8. The summed E-state index contributed by atoms with van der Waals surface area (Å²) in [5.74, 6) is -0.398. The van der Waals surface area contributed by atoms with Crippen LogP contribution in [-0.4, -0.2) is 66.3 Å². The largest absolute Gasteiger partial charge is 0.472 e. The molecule has 0 heterocycles. The molecule has 370 valence electrons. The van der Waals surface area contributed by atoms with Crippen LogP contribution in [-0.2, 0) is 27.9 Å². The van der Waals surface area contributed by atoms with Crippen LogP contribution in [0.25, 0.3) is 0 Å². The van der Waals surface area contributed by atoms with Crippen LogP contribution in [0.2, 0.25) is 0 Å². The lowest BCUT2D eigenvalue weighted by Crippen LogP contribution is -2.29. The number of esters is 1. The molecule has 0 spiro atoms. The van der Waals surface area contributed by atoms with E-state index in [9.17, 15) is 19.4 Å². The Balaban J connectivity index is 4.19. The van der Waals surface area contributed by atoms with Crippen LogP contribution in [0.15, 0.2) is 85.1 Å². The predicted molar refractivity (Wildman–Crippen MR) is 269 cm³/mol. The van der Waals surface area contributed by atoms with Gasteiger partial charge >= 0.3 is 13.8 Å². The normalized spacial score (nSPS) is 14.5. The molecular weight excluding hydrogens is 824 g/mol. The van der Waals surface area contributed by atoms with Gasteiger partial charge in [-0.2, -0.15) is 0 Å². The molecule has 0 aliphatic rings. The van der Waals surface area contributed by atoms with E-state index in [0.29, 0.717) is 6.61 Å². The molecule has 0 aliphatic heterocycles. The molecule has 3 unspecified atom stereocenters. The summed E-state index contributed by atoms with van der Waals surface area (Å²) >= 11 is 0. The van der Waals surface area contributed by atoms with E-state index in [-0.39, 0.29) is 13.0 Å². The first-order valence-electron chi connectivity index (χ1n) is 25.6. The number of rotatable bonds is 48. The van der Waals surface area contributed by atoms with E-state index in [1.54, 1.807) is 0 Å². The van der Waals surface area contributed by atoms with Gasteiger partial charge in [0.1, 0.15) is 12.2 Å². The molecule has 0 aromatic heterocycles. The molecule has 0 rings (SSSR count). The van der Waals surface area contributed by atoms with Gasteiger partial charge in [0.05, 0.1) is 26.4 Å². The number of phosphoric acid groups is 1. The van der Waals surface area contributed by atoms with Gasteiger partial charge in [-0.1, -0.05) is 214 Å². The summed E-state index contributed by atoms with van der Waals surface area (Å²) in [6.07, 6.45) is 62.7. The lowest BCUT2D eigenvalue weighted by Gasteiger charge is -2.20. The Hall–Kier alpha value is -2.36. The van der Waals surface area contributed by atoms with Crippen molar-refractivity contribution in [2.24, 2.45) is 0 Å². The van der Waals surface area contributed by atoms with Crippen molar-refractivity contribution in [2.75, 3.05) is 33.0 Å². The third kappa shape index (κ3) is 49.1. The Bertz CT molecular complexity index is 1270. The van der Waals surface area contributed by atoms with Gasteiger partial charge in [-0.15, -0.1) is 0 Å². The number of carbonyl (C=O) groups excluding carboxylic acids is 1. The second-order valence-corrected chi connectivity index (χ2v) is 18.3. The molecule has 10 heteroatoms. The lowest BCUT2D eigenvalue weighted by atomic mass is 10.0. The molecule has 0 amide bonds. The summed E-state index contributed by atoms with van der Waals surface area (Å²) < 4.78 is 33.5. The second-order valence-electron chi connectivity index (χ2n) is 16.8. The Morgan fingerprint density at radius 3 is 1.31 bits per heavy atom. The minimum Gasteiger partial charge on any atom is -0.457 e. The Morgan fingerprint density at radius 1 is 0.500 bits per heavy atom. The molecule has 0 bridgehead atoms. The summed E-state index contributed by atoms with van der Waals surface area (Å²) in [4.78, 5) is 22.7. The number of aliphatic hydroxyl groups is 2. The van der Waals surface area contributed by atoms with E-state index in [0.717, 1.165) is 83.5 Å². The fraction of sp³-hybridized carbons (Fsp3) is 0.722. The average molecular weight is 919 g/mol. The van der Waals surface area contributed by atoms with Crippen LogP contribution >= 0.6 is 7.82 Å². The first kappa shape index (κ1) is 61.6. The quantitative estimate of drug-likeness (QED) is 0.0236. The number of ether oxygens (including phenoxy) is 2. The topological polar surface area (TPSA) is 132 Å². The van der Waals surface area contributed by atoms with E-state index >= 15 is 0 Å². The maximum Gasteiger partial charge on any atom is 0.472 e. The average Bonchev–Trinajstić information content (AvgIpc) is 3.29. The molecule has 0 aliphatic carbocycles. The van der Waals surface area contributed by atoms with Crippen LogP contribution in [0.3, 0.4) is 0 Å². The molecule has 0 radical (unpaired) electrons. The van der Waals surface area contributed by atoms with Crippen LogP contribution in [0.4, 0.5) is 0 Å². The highest BCUT2D eigenvalue weighted by Gasteiger charge is 2.26. The number of aliphatic hydroxyl groups excluding tert-OH is 2. The standard InChI is InChI=1S/C54H95O9P/c1-3-5-7-9-11-13-15-17-19-21-23-24-25-26-27-29-31-33-35-37-39-41-43-45-47-60-50-53(51-62-64(58,59)61-49-52(56)48-55)63-54(57)46-44-42-40-38-36-34-32-30-28-22-20-18-16-14-12-10-8-6-4-2/h5,7,11,13,17,19,23-24,26-27,31,33,37,39,52-53,55-56H,3-4,6,8-10,12,14-16,18,20-22,25,28-30,32,34-36,38,40-51H2,1-2H3,(H,58,59)/b7-5-,13-11-,19-17-,24-23-,27-26-,33-31-,39-37-. The number of phosphoric ester groups is 1. The van der Waals surface area contributed by atoms with Crippen molar-refractivity contribution >= 4 is 13.8 Å². The third-order valence-electron chi connectivity index (χ3n) is 10.6. The van der Waals surface area contributed by atoms with Crippen molar-refractivity contribution in [3.8, 4) is 0 Å². The highest BCUT2D eigenvalue weighted by Crippen LogP contribution is 2.43. The molecule has 0 saturated heterocycles. The highest BCUT2D eigenvalue weighted by molar-refractivity contribution is 7.47. The first-order chi connectivity index (χ1) is 31.3. The zero-order chi connectivity index (χ0) is 46.7. The molecule has 3 N–H and O–H groups in total. The van der Waals surface area contributed by atoms with Crippen molar-refractivity contribution in [1.82, 2.24) is 0 Å². The highest BCUT2D eigenvalue weighted by atomic mass is 31.2. The number of unbranched alkanes of at least 4 members (excludes halogenated alkanes) is 20. The number of carbonyl (C=O) groups is 1. The molecule has 3 atom stereocenters. The predicted octanol–water partition coefficient (Wildman–Crippen LogP) is 15.0.